The molecule has 2 aromatic carbocycles. The molecule has 2 atom stereocenters. The van der Waals surface area contributed by atoms with Gasteiger partial charge in [0.25, 0.3) is 5.91 Å². The van der Waals surface area contributed by atoms with Gasteiger partial charge in [0, 0.05) is 19.0 Å². The van der Waals surface area contributed by atoms with Crippen LogP contribution in [0.4, 0.5) is 0 Å². The molecule has 30 heavy (non-hydrogen) atoms. The molecule has 0 bridgehead atoms. The summed E-state index contributed by atoms with van der Waals surface area (Å²) in [6.45, 7) is 2.00. The van der Waals surface area contributed by atoms with Crippen LogP contribution in [0.5, 0.6) is 0 Å². The molecule has 0 spiro atoms. The topological polar surface area (TPSA) is 75.7 Å². The molecule has 1 aliphatic carbocycles. The van der Waals surface area contributed by atoms with Crippen molar-refractivity contribution < 1.29 is 19.1 Å². The summed E-state index contributed by atoms with van der Waals surface area (Å²) < 4.78 is 5.24. The van der Waals surface area contributed by atoms with E-state index in [1.807, 2.05) is 54.3 Å². The van der Waals surface area contributed by atoms with Crippen LogP contribution in [0.15, 0.2) is 42.5 Å². The zero-order chi connectivity index (χ0) is 21.1. The average molecular weight is 408 g/mol. The highest BCUT2D eigenvalue weighted by Crippen LogP contribution is 2.30. The fourth-order valence-electron chi connectivity index (χ4n) is 4.70. The minimum atomic E-state index is -0.471. The molecule has 6 heteroatoms. The second kappa shape index (κ2) is 8.86. The van der Waals surface area contributed by atoms with Crippen molar-refractivity contribution in [3.8, 4) is 0 Å². The normalized spacial score (nSPS) is 20.5. The van der Waals surface area contributed by atoms with Gasteiger partial charge < -0.3 is 15.0 Å². The number of ether oxygens (including phenoxy) is 1. The van der Waals surface area contributed by atoms with Crippen LogP contribution in [0.25, 0.3) is 10.8 Å². The lowest BCUT2D eigenvalue weighted by molar-refractivity contribution is -0.152. The fraction of sp³-hybridized carbons (Fsp3) is 0.458. The second-order valence-corrected chi connectivity index (χ2v) is 8.35. The van der Waals surface area contributed by atoms with Gasteiger partial charge in [0.2, 0.25) is 5.91 Å². The Labute approximate surface area is 176 Å². The van der Waals surface area contributed by atoms with E-state index in [0.29, 0.717) is 6.54 Å². The third kappa shape index (κ3) is 4.32. The molecule has 1 heterocycles. The summed E-state index contributed by atoms with van der Waals surface area (Å²) in [5.74, 6) is -1.25. The Morgan fingerprint density at radius 3 is 2.67 bits per heavy atom. The highest BCUT2D eigenvalue weighted by Gasteiger charge is 2.39. The van der Waals surface area contributed by atoms with Crippen molar-refractivity contribution in [3.05, 3.63) is 48.0 Å². The van der Waals surface area contributed by atoms with Gasteiger partial charge in [0.1, 0.15) is 0 Å². The Morgan fingerprint density at radius 2 is 1.87 bits per heavy atom. The molecule has 0 radical (unpaired) electrons. The largest absolute Gasteiger partial charge is 0.455 e. The first-order valence-corrected chi connectivity index (χ1v) is 10.8. The summed E-state index contributed by atoms with van der Waals surface area (Å²) in [6.07, 6.45) is 4.49. The zero-order valence-corrected chi connectivity index (χ0v) is 17.3. The maximum Gasteiger partial charge on any atom is 0.311 e. The highest BCUT2D eigenvalue weighted by atomic mass is 16.5. The third-order valence-corrected chi connectivity index (χ3v) is 6.27. The van der Waals surface area contributed by atoms with Gasteiger partial charge in [-0.25, -0.2) is 0 Å². The van der Waals surface area contributed by atoms with Crippen LogP contribution < -0.4 is 5.32 Å². The lowest BCUT2D eigenvalue weighted by atomic mass is 10.00. The fourth-order valence-corrected chi connectivity index (χ4v) is 4.70. The van der Waals surface area contributed by atoms with Gasteiger partial charge in [0.05, 0.1) is 12.0 Å². The minimum absolute atomic E-state index is 0.0258. The number of nitrogens with zero attached hydrogens (tertiary/aromatic N) is 1. The molecule has 1 aliphatic heterocycles. The molecule has 4 rings (SSSR count). The molecule has 2 aromatic rings. The SMILES string of the molecule is C[C@H](NC(=O)COC(=O)[C@@H]1CC(=O)N(C2CCCC2)C1)c1cccc2ccccc12. The first-order chi connectivity index (χ1) is 14.5. The maximum absolute atomic E-state index is 12.4. The third-order valence-electron chi connectivity index (χ3n) is 6.27. The number of esters is 1. The van der Waals surface area contributed by atoms with Gasteiger partial charge in [0.15, 0.2) is 6.61 Å². The van der Waals surface area contributed by atoms with Crippen molar-refractivity contribution in [1.82, 2.24) is 10.2 Å². The van der Waals surface area contributed by atoms with Crippen LogP contribution >= 0.6 is 0 Å². The second-order valence-electron chi connectivity index (χ2n) is 8.35. The Morgan fingerprint density at radius 1 is 1.13 bits per heavy atom. The number of rotatable bonds is 6. The summed E-state index contributed by atoms with van der Waals surface area (Å²) in [7, 11) is 0. The molecule has 2 amide bonds. The van der Waals surface area contributed by atoms with Gasteiger partial charge in [-0.1, -0.05) is 55.3 Å². The van der Waals surface area contributed by atoms with E-state index in [1.54, 1.807) is 0 Å². The number of benzene rings is 2. The molecule has 1 saturated carbocycles. The molecule has 0 aromatic heterocycles. The minimum Gasteiger partial charge on any atom is -0.455 e. The summed E-state index contributed by atoms with van der Waals surface area (Å²) in [5, 5.41) is 5.10. The quantitative estimate of drug-likeness (QED) is 0.744. The van der Waals surface area contributed by atoms with Gasteiger partial charge in [-0.05, 0) is 36.1 Å². The lowest BCUT2D eigenvalue weighted by Gasteiger charge is -2.23. The predicted octanol–water partition coefficient (Wildman–Crippen LogP) is 3.35. The number of hydrogen-bond donors (Lipinski definition) is 1. The van der Waals surface area contributed by atoms with E-state index < -0.39 is 11.9 Å². The summed E-state index contributed by atoms with van der Waals surface area (Å²) in [6, 6.07) is 14.1. The monoisotopic (exact) mass is 408 g/mol. The average Bonchev–Trinajstić information content (AvgIpc) is 3.41. The molecule has 1 saturated heterocycles. The van der Waals surface area contributed by atoms with E-state index in [4.69, 9.17) is 4.74 Å². The van der Waals surface area contributed by atoms with Crippen molar-refractivity contribution in [2.24, 2.45) is 5.92 Å². The number of carbonyl (C=O) groups is 3. The van der Waals surface area contributed by atoms with Crippen LogP contribution in [0.3, 0.4) is 0 Å². The van der Waals surface area contributed by atoms with Gasteiger partial charge >= 0.3 is 5.97 Å². The van der Waals surface area contributed by atoms with E-state index in [-0.39, 0.29) is 36.9 Å². The Hall–Kier alpha value is -2.89. The highest BCUT2D eigenvalue weighted by molar-refractivity contribution is 5.89. The van der Waals surface area contributed by atoms with Crippen LogP contribution in [-0.4, -0.2) is 41.9 Å². The van der Waals surface area contributed by atoms with Crippen molar-refractivity contribution in [2.75, 3.05) is 13.2 Å². The summed E-state index contributed by atoms with van der Waals surface area (Å²) >= 11 is 0. The van der Waals surface area contributed by atoms with Crippen molar-refractivity contribution in [1.29, 1.82) is 0 Å². The van der Waals surface area contributed by atoms with E-state index in [9.17, 15) is 14.4 Å². The van der Waals surface area contributed by atoms with Gasteiger partial charge in [-0.2, -0.15) is 0 Å². The molecule has 2 fully saturated rings. The Balaban J connectivity index is 1.29. The van der Waals surface area contributed by atoms with E-state index in [0.717, 1.165) is 42.0 Å². The van der Waals surface area contributed by atoms with E-state index in [2.05, 4.69) is 5.32 Å². The zero-order valence-electron chi connectivity index (χ0n) is 17.3. The molecule has 6 nitrogen and oxygen atoms in total. The molecule has 0 unspecified atom stereocenters. The van der Waals surface area contributed by atoms with Crippen molar-refractivity contribution in [2.45, 2.75) is 51.1 Å². The number of nitrogens with one attached hydrogen (secondary N) is 1. The number of likely N-dealkylation sites (tertiary alicyclic amines) is 1. The summed E-state index contributed by atoms with van der Waals surface area (Å²) in [4.78, 5) is 38.9. The van der Waals surface area contributed by atoms with Crippen LogP contribution in [0, 0.1) is 5.92 Å². The Kier molecular flexibility index (Phi) is 6.02. The first-order valence-electron chi connectivity index (χ1n) is 10.8. The number of hydrogen-bond acceptors (Lipinski definition) is 4. The number of amides is 2. The van der Waals surface area contributed by atoms with Crippen LogP contribution in [0.2, 0.25) is 0 Å². The molecular weight excluding hydrogens is 380 g/mol. The first kappa shape index (κ1) is 20.4. The molecule has 158 valence electrons. The smallest absolute Gasteiger partial charge is 0.311 e. The lowest BCUT2D eigenvalue weighted by Crippen LogP contribution is -2.35. The summed E-state index contributed by atoms with van der Waals surface area (Å²) in [5.41, 5.74) is 1.02. The van der Waals surface area contributed by atoms with E-state index >= 15 is 0 Å². The maximum atomic E-state index is 12.4. The van der Waals surface area contributed by atoms with Gasteiger partial charge in [-0.15, -0.1) is 0 Å². The Bertz CT molecular complexity index is 946. The molecular formula is C24H28N2O4. The molecule has 1 N–H and O–H groups in total. The number of carbonyl (C=O) groups excluding carboxylic acids is 3. The van der Waals surface area contributed by atoms with Crippen LogP contribution in [0.1, 0.15) is 50.6 Å². The van der Waals surface area contributed by atoms with Gasteiger partial charge in [-0.3, -0.25) is 14.4 Å². The van der Waals surface area contributed by atoms with Crippen molar-refractivity contribution in [3.63, 3.8) is 0 Å². The molecule has 2 aliphatic rings. The number of fused-ring (bicyclic) bond motifs is 1. The van der Waals surface area contributed by atoms with Crippen LogP contribution in [-0.2, 0) is 19.1 Å². The van der Waals surface area contributed by atoms with Crippen molar-refractivity contribution >= 4 is 28.6 Å². The predicted molar refractivity (Wildman–Crippen MR) is 114 cm³/mol. The standard InChI is InChI=1S/C24H28N2O4/c1-16(20-12-6-8-17-7-2-5-11-21(17)20)25-22(27)15-30-24(29)18-13-23(28)26(14-18)19-9-3-4-10-19/h2,5-8,11-12,16,18-19H,3-4,9-10,13-15H2,1H3,(H,25,27)/t16-,18+/m0/s1. The van der Waals surface area contributed by atoms with E-state index in [1.165, 1.54) is 0 Å².